The van der Waals surface area contributed by atoms with Crippen LogP contribution in [0.25, 0.3) is 0 Å². The summed E-state index contributed by atoms with van der Waals surface area (Å²) in [5.41, 5.74) is 0. The minimum absolute atomic E-state index is 1.13. The molecule has 0 amide bonds. The van der Waals surface area contributed by atoms with Gasteiger partial charge >= 0.3 is 0 Å². The first kappa shape index (κ1) is 7.70. The monoisotopic (exact) mass is 226 g/mol. The van der Waals surface area contributed by atoms with Crippen molar-refractivity contribution in [1.29, 1.82) is 0 Å². The van der Waals surface area contributed by atoms with Gasteiger partial charge in [0, 0.05) is 4.48 Å². The normalized spacial score (nSPS) is 12.1. The number of hydrogen-bond donors (Lipinski definition) is 0. The van der Waals surface area contributed by atoms with Crippen LogP contribution in [0.4, 0.5) is 0 Å². The third-order valence-corrected chi connectivity index (χ3v) is 2.40. The molecule has 0 aliphatic rings. The van der Waals surface area contributed by atoms with Gasteiger partial charge in [-0.25, -0.2) is 0 Å². The maximum absolute atomic E-state index is 3.35. The van der Waals surface area contributed by atoms with Crippen LogP contribution < -0.4 is 0 Å². The average molecular weight is 228 g/mol. The van der Waals surface area contributed by atoms with Crippen molar-refractivity contribution in [1.82, 2.24) is 0 Å². The zero-order chi connectivity index (χ0) is 5.70. The Hall–Kier alpha value is 0.700. The van der Waals surface area contributed by atoms with Gasteiger partial charge in [0.1, 0.15) is 0 Å². The summed E-state index contributed by atoms with van der Waals surface area (Å²) in [4.78, 5) is 1.90. The van der Waals surface area contributed by atoms with Crippen molar-refractivity contribution in [2.45, 2.75) is 19.8 Å². The summed E-state index contributed by atoms with van der Waals surface area (Å²) in [6, 6.07) is 0. The van der Waals surface area contributed by atoms with Crippen LogP contribution in [0.1, 0.15) is 19.8 Å². The van der Waals surface area contributed by atoms with Crippen LogP contribution in [0.2, 0.25) is 0 Å². The first-order chi connectivity index (χ1) is 3.31. The highest BCUT2D eigenvalue weighted by atomic mass is 79.9. The fraction of sp³-hybridized carbons (Fsp3) is 0.600. The van der Waals surface area contributed by atoms with Gasteiger partial charge in [-0.05, 0) is 11.4 Å². The molecule has 7 heavy (non-hydrogen) atoms. The van der Waals surface area contributed by atoms with E-state index in [-0.39, 0.29) is 0 Å². The van der Waals surface area contributed by atoms with Gasteiger partial charge < -0.3 is 0 Å². The Morgan fingerprint density at radius 3 is 2.43 bits per heavy atom. The van der Waals surface area contributed by atoms with Crippen molar-refractivity contribution in [3.05, 3.63) is 9.47 Å². The fourth-order valence-electron chi connectivity index (χ4n) is 0.293. The van der Waals surface area contributed by atoms with E-state index in [1.807, 2.05) is 4.99 Å². The first-order valence-electron chi connectivity index (χ1n) is 2.26. The molecule has 0 spiro atoms. The third-order valence-electron chi connectivity index (χ3n) is 0.607. The van der Waals surface area contributed by atoms with E-state index in [0.29, 0.717) is 0 Å². The van der Waals surface area contributed by atoms with Crippen LogP contribution in [-0.2, 0) is 0 Å². The Morgan fingerprint density at radius 1 is 1.71 bits per heavy atom. The summed E-state index contributed by atoms with van der Waals surface area (Å²) >= 11 is 6.56. The van der Waals surface area contributed by atoms with Crippen molar-refractivity contribution in [3.63, 3.8) is 0 Å². The van der Waals surface area contributed by atoms with Gasteiger partial charge in [0.15, 0.2) is 0 Å². The Bertz CT molecular complexity index is 66.5. The average Bonchev–Trinajstić information content (AvgIpc) is 1.68. The Labute approximate surface area is 61.2 Å². The molecule has 0 unspecified atom stereocenters. The second-order valence-corrected chi connectivity index (χ2v) is 2.78. The van der Waals surface area contributed by atoms with E-state index in [0.717, 1.165) is 6.42 Å². The van der Waals surface area contributed by atoms with Crippen LogP contribution in [0, 0.1) is 0 Å². The molecule has 0 fully saturated rings. The maximum Gasteiger partial charge on any atom is 0.00196 e. The highest BCUT2D eigenvalue weighted by Crippen LogP contribution is 2.13. The van der Waals surface area contributed by atoms with E-state index in [1.54, 1.807) is 0 Å². The lowest BCUT2D eigenvalue weighted by atomic mass is 10.3. The molecule has 0 bridgehead atoms. The van der Waals surface area contributed by atoms with Crippen LogP contribution in [-0.4, -0.2) is 0 Å². The van der Waals surface area contributed by atoms with E-state index in [1.165, 1.54) is 10.9 Å². The lowest BCUT2D eigenvalue weighted by Crippen LogP contribution is -1.64. The van der Waals surface area contributed by atoms with Gasteiger partial charge in [0.05, 0.1) is 0 Å². The predicted molar refractivity (Wildman–Crippen MR) is 40.8 cm³/mol. The third kappa shape index (κ3) is 4.56. The molecule has 0 saturated carbocycles. The molecule has 0 N–H and O–H groups in total. The summed E-state index contributed by atoms with van der Waals surface area (Å²) in [6.45, 7) is 2.15. The highest BCUT2D eigenvalue weighted by molar-refractivity contribution is 9.14. The molecule has 0 aromatic heterocycles. The Balaban J connectivity index is 3.17. The quantitative estimate of drug-likeness (QED) is 0.679. The number of halogens is 2. The number of rotatable bonds is 2. The predicted octanol–water partition coefficient (Wildman–Crippen LogP) is 3.42. The SMILES string of the molecule is CCC/C(Br)=C/Br. The fourth-order valence-corrected chi connectivity index (χ4v) is 0.919. The number of allylic oxidation sites excluding steroid dienone is 1. The van der Waals surface area contributed by atoms with Crippen molar-refractivity contribution in [2.75, 3.05) is 0 Å². The molecule has 0 heterocycles. The van der Waals surface area contributed by atoms with E-state index in [9.17, 15) is 0 Å². The molecule has 0 atom stereocenters. The van der Waals surface area contributed by atoms with Gasteiger partial charge in [-0.1, -0.05) is 45.2 Å². The molecule has 0 aromatic carbocycles. The molecular weight excluding hydrogens is 220 g/mol. The minimum Gasteiger partial charge on any atom is -0.0650 e. The molecule has 2 heteroatoms. The summed E-state index contributed by atoms with van der Waals surface area (Å²) in [6.07, 6.45) is 2.33. The zero-order valence-corrected chi connectivity index (χ0v) is 7.42. The van der Waals surface area contributed by atoms with Crippen molar-refractivity contribution < 1.29 is 0 Å². The first-order valence-corrected chi connectivity index (χ1v) is 3.97. The maximum atomic E-state index is 3.35. The molecule has 42 valence electrons. The molecule has 0 aromatic rings. The second-order valence-electron chi connectivity index (χ2n) is 1.31. The van der Waals surface area contributed by atoms with Gasteiger partial charge in [-0.3, -0.25) is 0 Å². The zero-order valence-electron chi connectivity index (χ0n) is 4.25. The van der Waals surface area contributed by atoms with Gasteiger partial charge in [0.2, 0.25) is 0 Å². The molecule has 0 radical (unpaired) electrons. The van der Waals surface area contributed by atoms with Gasteiger partial charge in [0.25, 0.3) is 0 Å². The lowest BCUT2D eigenvalue weighted by molar-refractivity contribution is 0.952. The van der Waals surface area contributed by atoms with Crippen LogP contribution >= 0.6 is 31.9 Å². The Kier molecular flexibility index (Phi) is 5.33. The van der Waals surface area contributed by atoms with Crippen LogP contribution in [0.3, 0.4) is 0 Å². The summed E-state index contributed by atoms with van der Waals surface area (Å²) in [5, 5.41) is 0. The van der Waals surface area contributed by atoms with Crippen molar-refractivity contribution in [3.8, 4) is 0 Å². The minimum atomic E-state index is 1.13. The van der Waals surface area contributed by atoms with E-state index >= 15 is 0 Å². The Morgan fingerprint density at radius 2 is 2.29 bits per heavy atom. The summed E-state index contributed by atoms with van der Waals surface area (Å²) in [7, 11) is 0. The van der Waals surface area contributed by atoms with Crippen molar-refractivity contribution in [2.24, 2.45) is 0 Å². The molecule has 0 aliphatic carbocycles. The van der Waals surface area contributed by atoms with E-state index < -0.39 is 0 Å². The summed E-state index contributed by atoms with van der Waals surface area (Å²) in [5.74, 6) is 0. The standard InChI is InChI=1S/C5H8Br2/c1-2-3-5(7)4-6/h4H,2-3H2,1H3/b5-4-. The van der Waals surface area contributed by atoms with Gasteiger partial charge in [-0.2, -0.15) is 0 Å². The highest BCUT2D eigenvalue weighted by Gasteiger charge is 1.83. The second kappa shape index (κ2) is 4.85. The van der Waals surface area contributed by atoms with Gasteiger partial charge in [-0.15, -0.1) is 0 Å². The van der Waals surface area contributed by atoms with E-state index in [2.05, 4.69) is 38.8 Å². The molecule has 0 nitrogen and oxygen atoms in total. The molecule has 0 rings (SSSR count). The molecule has 0 saturated heterocycles. The lowest BCUT2D eigenvalue weighted by Gasteiger charge is -1.87. The summed E-state index contributed by atoms with van der Waals surface area (Å²) < 4.78 is 1.23. The van der Waals surface area contributed by atoms with Crippen molar-refractivity contribution >= 4 is 31.9 Å². The topological polar surface area (TPSA) is 0 Å². The van der Waals surface area contributed by atoms with Crippen LogP contribution in [0.5, 0.6) is 0 Å². The molecular formula is C5H8Br2. The van der Waals surface area contributed by atoms with E-state index in [4.69, 9.17) is 0 Å². The smallest absolute Gasteiger partial charge is 0.00196 e. The number of hydrogen-bond acceptors (Lipinski definition) is 0. The largest absolute Gasteiger partial charge is 0.0650 e. The van der Waals surface area contributed by atoms with Crippen LogP contribution in [0.15, 0.2) is 9.47 Å². The molecule has 0 aliphatic heterocycles.